The molecule has 0 spiro atoms. The monoisotopic (exact) mass is 247 g/mol. The lowest BCUT2D eigenvalue weighted by atomic mass is 10.1. The number of nitrogens with zero attached hydrogens (tertiary/aromatic N) is 1. The number of hydrogen-bond donors (Lipinski definition) is 0. The van der Waals surface area contributed by atoms with Gasteiger partial charge in [0.1, 0.15) is 5.60 Å². The van der Waals surface area contributed by atoms with Crippen LogP contribution in [0.4, 0.5) is 0 Å². The molecule has 0 fully saturated rings. The van der Waals surface area contributed by atoms with Crippen LogP contribution in [0.25, 0.3) is 0 Å². The van der Waals surface area contributed by atoms with Crippen LogP contribution in [0.3, 0.4) is 0 Å². The second-order valence-corrected chi connectivity index (χ2v) is 4.51. The molecule has 17 heavy (non-hydrogen) atoms. The van der Waals surface area contributed by atoms with Crippen molar-refractivity contribution < 1.29 is 19.0 Å². The van der Waals surface area contributed by atoms with Crippen molar-refractivity contribution in [3.8, 4) is 0 Å². The van der Waals surface area contributed by atoms with Crippen LogP contribution in [-0.2, 0) is 19.0 Å². The van der Waals surface area contributed by atoms with Gasteiger partial charge in [-0.25, -0.2) is 0 Å². The Balaban J connectivity index is 4.72. The summed E-state index contributed by atoms with van der Waals surface area (Å²) < 4.78 is 15.3. The van der Waals surface area contributed by atoms with Gasteiger partial charge in [0.15, 0.2) is 0 Å². The number of rotatable bonds is 8. The zero-order chi connectivity index (χ0) is 13.5. The number of carbonyl (C=O) groups excluding carboxylic acids is 1. The molecule has 5 heteroatoms. The number of hydrogen-bond acceptors (Lipinski definition) is 4. The molecule has 1 atom stereocenters. The molecule has 0 bridgehead atoms. The van der Waals surface area contributed by atoms with Gasteiger partial charge in [-0.1, -0.05) is 0 Å². The van der Waals surface area contributed by atoms with Gasteiger partial charge in [-0.2, -0.15) is 0 Å². The Bertz CT molecular complexity index is 231. The first-order valence-corrected chi connectivity index (χ1v) is 5.74. The Morgan fingerprint density at radius 2 is 1.82 bits per heavy atom. The maximum Gasteiger partial charge on any atom is 0.254 e. The van der Waals surface area contributed by atoms with E-state index in [2.05, 4.69) is 0 Å². The molecule has 0 aliphatic carbocycles. The molecule has 5 nitrogen and oxygen atoms in total. The molecule has 0 saturated carbocycles. The van der Waals surface area contributed by atoms with E-state index in [-0.39, 0.29) is 11.9 Å². The molecule has 1 amide bonds. The van der Waals surface area contributed by atoms with Crippen molar-refractivity contribution in [2.24, 2.45) is 0 Å². The van der Waals surface area contributed by atoms with Gasteiger partial charge in [0.2, 0.25) is 0 Å². The highest BCUT2D eigenvalue weighted by Gasteiger charge is 2.33. The zero-order valence-corrected chi connectivity index (χ0v) is 11.8. The number of carbonyl (C=O) groups is 1. The van der Waals surface area contributed by atoms with Crippen molar-refractivity contribution in [1.29, 1.82) is 0 Å². The highest BCUT2D eigenvalue weighted by molar-refractivity contribution is 5.84. The predicted octanol–water partition coefficient (Wildman–Crippen LogP) is 0.921. The van der Waals surface area contributed by atoms with Crippen molar-refractivity contribution in [3.05, 3.63) is 0 Å². The van der Waals surface area contributed by atoms with Gasteiger partial charge >= 0.3 is 0 Å². The first-order chi connectivity index (χ1) is 7.90. The number of methoxy groups -OCH3 is 3. The second-order valence-electron chi connectivity index (χ2n) is 4.51. The summed E-state index contributed by atoms with van der Waals surface area (Å²) in [5.41, 5.74) is -0.824. The molecule has 102 valence electrons. The molecule has 0 radical (unpaired) electrons. The van der Waals surface area contributed by atoms with E-state index in [1.807, 2.05) is 6.92 Å². The average Bonchev–Trinajstić information content (AvgIpc) is 2.29. The van der Waals surface area contributed by atoms with Crippen LogP contribution >= 0.6 is 0 Å². The van der Waals surface area contributed by atoms with E-state index < -0.39 is 5.60 Å². The predicted molar refractivity (Wildman–Crippen MR) is 66.0 cm³/mol. The van der Waals surface area contributed by atoms with Gasteiger partial charge in [0.05, 0.1) is 19.3 Å². The zero-order valence-electron chi connectivity index (χ0n) is 11.8. The summed E-state index contributed by atoms with van der Waals surface area (Å²) in [5, 5.41) is 0. The maximum atomic E-state index is 12.3. The lowest BCUT2D eigenvalue weighted by Gasteiger charge is -2.34. The SMILES string of the molecule is COCCN(C(=O)C(C)(C)OC)C(C)COC. The molecule has 0 aliphatic rings. The van der Waals surface area contributed by atoms with Crippen molar-refractivity contribution in [3.63, 3.8) is 0 Å². The van der Waals surface area contributed by atoms with Crippen molar-refractivity contribution in [2.45, 2.75) is 32.4 Å². The van der Waals surface area contributed by atoms with E-state index in [1.165, 1.54) is 7.11 Å². The molecular weight excluding hydrogens is 222 g/mol. The topological polar surface area (TPSA) is 48.0 Å². The van der Waals surface area contributed by atoms with Crippen LogP contribution in [0.1, 0.15) is 20.8 Å². The first kappa shape index (κ1) is 16.4. The first-order valence-electron chi connectivity index (χ1n) is 5.74. The smallest absolute Gasteiger partial charge is 0.254 e. The largest absolute Gasteiger partial charge is 0.383 e. The lowest BCUT2D eigenvalue weighted by Crippen LogP contribution is -2.52. The molecule has 0 N–H and O–H groups in total. The van der Waals surface area contributed by atoms with Crippen LogP contribution in [0.2, 0.25) is 0 Å². The van der Waals surface area contributed by atoms with Crippen LogP contribution in [0.5, 0.6) is 0 Å². The molecule has 0 rings (SSSR count). The third kappa shape index (κ3) is 5.02. The minimum Gasteiger partial charge on any atom is -0.383 e. The fraction of sp³-hybridized carbons (Fsp3) is 0.917. The Labute approximate surface area is 104 Å². The van der Waals surface area contributed by atoms with Crippen LogP contribution in [0, 0.1) is 0 Å². The van der Waals surface area contributed by atoms with Gasteiger partial charge in [-0.3, -0.25) is 4.79 Å². The van der Waals surface area contributed by atoms with Gasteiger partial charge in [-0.15, -0.1) is 0 Å². The summed E-state index contributed by atoms with van der Waals surface area (Å²) in [6.45, 7) is 6.99. The molecule has 0 saturated heterocycles. The summed E-state index contributed by atoms with van der Waals surface area (Å²) in [6, 6.07) is -0.00271. The van der Waals surface area contributed by atoms with Crippen molar-refractivity contribution in [1.82, 2.24) is 4.90 Å². The van der Waals surface area contributed by atoms with Crippen molar-refractivity contribution in [2.75, 3.05) is 41.1 Å². The van der Waals surface area contributed by atoms with Crippen LogP contribution < -0.4 is 0 Å². The van der Waals surface area contributed by atoms with Gasteiger partial charge in [-0.05, 0) is 20.8 Å². The quantitative estimate of drug-likeness (QED) is 0.640. The van der Waals surface area contributed by atoms with Gasteiger partial charge < -0.3 is 19.1 Å². The molecular formula is C12H25NO4. The standard InChI is InChI=1S/C12H25NO4/c1-10(9-16-5)13(7-8-15-4)11(14)12(2,3)17-6/h10H,7-9H2,1-6H3. The molecule has 0 aromatic heterocycles. The van der Waals surface area contributed by atoms with E-state index in [0.29, 0.717) is 19.8 Å². The Kier molecular flexibility index (Phi) is 7.34. The molecule has 0 aromatic rings. The number of amides is 1. The van der Waals surface area contributed by atoms with Crippen molar-refractivity contribution >= 4 is 5.91 Å². The lowest BCUT2D eigenvalue weighted by molar-refractivity contribution is -0.155. The third-order valence-corrected chi connectivity index (χ3v) is 2.76. The van der Waals surface area contributed by atoms with E-state index >= 15 is 0 Å². The van der Waals surface area contributed by atoms with E-state index in [0.717, 1.165) is 0 Å². The van der Waals surface area contributed by atoms with E-state index in [9.17, 15) is 4.79 Å². The minimum absolute atomic E-state index is 0.00271. The molecule has 1 unspecified atom stereocenters. The van der Waals surface area contributed by atoms with E-state index in [4.69, 9.17) is 14.2 Å². The highest BCUT2D eigenvalue weighted by Crippen LogP contribution is 2.14. The Morgan fingerprint density at radius 3 is 2.24 bits per heavy atom. The van der Waals surface area contributed by atoms with Gasteiger partial charge in [0.25, 0.3) is 5.91 Å². The Hall–Kier alpha value is -0.650. The maximum absolute atomic E-state index is 12.3. The van der Waals surface area contributed by atoms with Crippen LogP contribution in [-0.4, -0.2) is 63.5 Å². The average molecular weight is 247 g/mol. The fourth-order valence-electron chi connectivity index (χ4n) is 1.48. The molecule has 0 heterocycles. The summed E-state index contributed by atoms with van der Waals surface area (Å²) in [7, 11) is 4.77. The normalized spacial score (nSPS) is 13.5. The highest BCUT2D eigenvalue weighted by atomic mass is 16.5. The summed E-state index contributed by atoms with van der Waals surface area (Å²) in [5.74, 6) is -0.0541. The summed E-state index contributed by atoms with van der Waals surface area (Å²) in [4.78, 5) is 14.0. The number of ether oxygens (including phenoxy) is 3. The minimum atomic E-state index is -0.824. The van der Waals surface area contributed by atoms with Crippen LogP contribution in [0.15, 0.2) is 0 Å². The molecule has 0 aliphatic heterocycles. The summed E-state index contributed by atoms with van der Waals surface area (Å²) >= 11 is 0. The molecule has 0 aromatic carbocycles. The summed E-state index contributed by atoms with van der Waals surface area (Å²) in [6.07, 6.45) is 0. The second kappa shape index (κ2) is 7.63. The fourth-order valence-corrected chi connectivity index (χ4v) is 1.48. The van der Waals surface area contributed by atoms with E-state index in [1.54, 1.807) is 33.0 Å². The third-order valence-electron chi connectivity index (χ3n) is 2.76. The van der Waals surface area contributed by atoms with Gasteiger partial charge in [0, 0.05) is 27.9 Å². The Morgan fingerprint density at radius 1 is 1.24 bits per heavy atom.